The van der Waals surface area contributed by atoms with Crippen molar-refractivity contribution < 1.29 is 29.3 Å². The molecule has 4 N–H and O–H groups in total. The van der Waals surface area contributed by atoms with Gasteiger partial charge >= 0.3 is 12.1 Å². The van der Waals surface area contributed by atoms with Crippen molar-refractivity contribution in [2.24, 2.45) is 0 Å². The first kappa shape index (κ1) is 27.0. The van der Waals surface area contributed by atoms with Gasteiger partial charge in [-0.2, -0.15) is 0 Å². The lowest BCUT2D eigenvalue weighted by molar-refractivity contribution is -0.118. The highest BCUT2D eigenvalue weighted by molar-refractivity contribution is 5.98. The number of carbonyl (C=O) groups is 3. The number of aromatic hydroxyl groups is 1. The maximum atomic E-state index is 13.4. The van der Waals surface area contributed by atoms with Crippen LogP contribution >= 0.6 is 0 Å². The third kappa shape index (κ3) is 5.98. The van der Waals surface area contributed by atoms with Crippen molar-refractivity contribution in [3.05, 3.63) is 58.7 Å². The van der Waals surface area contributed by atoms with Gasteiger partial charge in [-0.1, -0.05) is 45.9 Å². The molecule has 2 aromatic rings. The summed E-state index contributed by atoms with van der Waals surface area (Å²) >= 11 is 0. The van der Waals surface area contributed by atoms with Gasteiger partial charge in [0.05, 0.1) is 0 Å². The van der Waals surface area contributed by atoms with Crippen molar-refractivity contribution in [3.63, 3.8) is 0 Å². The van der Waals surface area contributed by atoms with E-state index in [0.29, 0.717) is 5.56 Å². The number of carboxylic acids is 1. The van der Waals surface area contributed by atoms with Gasteiger partial charge in [-0.15, -0.1) is 0 Å². The van der Waals surface area contributed by atoms with Crippen LogP contribution in [0.3, 0.4) is 0 Å². The molecule has 1 aliphatic carbocycles. The maximum absolute atomic E-state index is 13.4. The number of aromatic carboxylic acids is 1. The Hall–Kier alpha value is -3.55. The molecule has 2 amide bonds. The van der Waals surface area contributed by atoms with E-state index < -0.39 is 35.4 Å². The largest absolute Gasteiger partial charge is 0.507 e. The van der Waals surface area contributed by atoms with Crippen LogP contribution in [-0.4, -0.2) is 33.8 Å². The summed E-state index contributed by atoms with van der Waals surface area (Å²) in [5, 5.41) is 24.5. The second-order valence-electron chi connectivity index (χ2n) is 11.7. The number of carboxylic acid groups (broad SMARTS) is 1. The Morgan fingerprint density at radius 2 is 1.56 bits per heavy atom. The molecular formula is C28H36N2O6. The summed E-state index contributed by atoms with van der Waals surface area (Å²) in [7, 11) is 0. The second-order valence-corrected chi connectivity index (χ2v) is 11.7. The van der Waals surface area contributed by atoms with Crippen molar-refractivity contribution in [1.29, 1.82) is 0 Å². The van der Waals surface area contributed by atoms with Gasteiger partial charge < -0.3 is 25.6 Å². The minimum atomic E-state index is -1.28. The Bertz CT molecular complexity index is 1190. The average molecular weight is 497 g/mol. The molecule has 0 bridgehead atoms. The lowest BCUT2D eigenvalue weighted by atomic mass is 9.63. The predicted molar refractivity (Wildman–Crippen MR) is 138 cm³/mol. The number of hydrogen-bond acceptors (Lipinski definition) is 5. The monoisotopic (exact) mass is 496 g/mol. The lowest BCUT2D eigenvalue weighted by Gasteiger charge is -2.42. The number of carbonyl (C=O) groups excluding carboxylic acids is 2. The minimum Gasteiger partial charge on any atom is -0.507 e. The molecule has 0 spiro atoms. The Balaban J connectivity index is 2.00. The zero-order valence-corrected chi connectivity index (χ0v) is 22.0. The first-order valence-corrected chi connectivity index (χ1v) is 12.0. The summed E-state index contributed by atoms with van der Waals surface area (Å²) in [6.45, 7) is 14.0. The van der Waals surface area contributed by atoms with E-state index in [-0.39, 0.29) is 22.1 Å². The van der Waals surface area contributed by atoms with E-state index >= 15 is 0 Å². The van der Waals surface area contributed by atoms with Crippen LogP contribution in [0.2, 0.25) is 0 Å². The van der Waals surface area contributed by atoms with Gasteiger partial charge in [-0.25, -0.2) is 9.59 Å². The van der Waals surface area contributed by atoms with E-state index in [4.69, 9.17) is 9.84 Å². The Morgan fingerprint density at radius 1 is 0.944 bits per heavy atom. The number of amides is 2. The fourth-order valence-corrected chi connectivity index (χ4v) is 4.52. The Morgan fingerprint density at radius 3 is 2.11 bits per heavy atom. The molecule has 3 rings (SSSR count). The van der Waals surface area contributed by atoms with E-state index in [0.717, 1.165) is 24.5 Å². The normalized spacial score (nSPS) is 16.9. The summed E-state index contributed by atoms with van der Waals surface area (Å²) in [6, 6.07) is 8.49. The first-order valence-electron chi connectivity index (χ1n) is 12.0. The van der Waals surface area contributed by atoms with Crippen molar-refractivity contribution in [2.75, 3.05) is 5.32 Å². The van der Waals surface area contributed by atoms with Crippen LogP contribution in [0.1, 0.15) is 94.4 Å². The van der Waals surface area contributed by atoms with Gasteiger partial charge in [0.1, 0.15) is 23.0 Å². The molecule has 0 saturated heterocycles. The first-order chi connectivity index (χ1) is 16.5. The molecule has 194 valence electrons. The third-order valence-electron chi connectivity index (χ3n) is 6.63. The van der Waals surface area contributed by atoms with Crippen LogP contribution in [0, 0.1) is 0 Å². The number of ether oxygens (including phenoxy) is 1. The molecule has 1 unspecified atom stereocenters. The number of benzene rings is 2. The molecule has 8 nitrogen and oxygen atoms in total. The molecule has 0 aromatic heterocycles. The van der Waals surface area contributed by atoms with Gasteiger partial charge in [0.25, 0.3) is 5.91 Å². The Kier molecular flexibility index (Phi) is 7.12. The summed E-state index contributed by atoms with van der Waals surface area (Å²) < 4.78 is 5.40. The van der Waals surface area contributed by atoms with E-state index in [1.54, 1.807) is 20.8 Å². The lowest BCUT2D eigenvalue weighted by Crippen LogP contribution is -2.40. The predicted octanol–water partition coefficient (Wildman–Crippen LogP) is 5.64. The van der Waals surface area contributed by atoms with Crippen molar-refractivity contribution in [3.8, 4) is 5.75 Å². The van der Waals surface area contributed by atoms with Crippen LogP contribution in [-0.2, 0) is 20.4 Å². The summed E-state index contributed by atoms with van der Waals surface area (Å²) in [5.74, 6) is -2.32. The van der Waals surface area contributed by atoms with Crippen molar-refractivity contribution in [2.45, 2.75) is 83.8 Å². The molecule has 36 heavy (non-hydrogen) atoms. The zero-order valence-electron chi connectivity index (χ0n) is 22.0. The van der Waals surface area contributed by atoms with Crippen LogP contribution in [0.25, 0.3) is 0 Å². The Labute approximate surface area is 212 Å². The highest BCUT2D eigenvalue weighted by Crippen LogP contribution is 2.46. The van der Waals surface area contributed by atoms with Crippen LogP contribution in [0.5, 0.6) is 5.75 Å². The van der Waals surface area contributed by atoms with Gasteiger partial charge in [0.2, 0.25) is 0 Å². The van der Waals surface area contributed by atoms with E-state index in [9.17, 15) is 19.5 Å². The number of fused-ring (bicyclic) bond motifs is 1. The number of alkyl carbamates (subject to hydrolysis) is 1. The van der Waals surface area contributed by atoms with Crippen LogP contribution in [0.15, 0.2) is 36.4 Å². The van der Waals surface area contributed by atoms with Gasteiger partial charge in [-0.05, 0) is 73.3 Å². The zero-order chi connectivity index (χ0) is 27.1. The maximum Gasteiger partial charge on any atom is 0.408 e. The number of rotatable bonds is 5. The molecular weight excluding hydrogens is 460 g/mol. The third-order valence-corrected chi connectivity index (χ3v) is 6.63. The standard InChI is InChI=1S/C28H36N2O6/c1-26(2,3)36-25(35)30-22(23(32)29-17-9-10-18(24(33)34)21(31)15-17)16-8-11-19-20(14-16)28(6,7)13-12-27(19,4)5/h8-11,14-15,22,31H,12-13H2,1-7H3,(H,29,32)(H,30,35)(H,33,34). The molecule has 0 radical (unpaired) electrons. The van der Waals surface area contributed by atoms with Gasteiger partial charge in [0, 0.05) is 11.8 Å². The summed E-state index contributed by atoms with van der Waals surface area (Å²) in [5.41, 5.74) is 1.97. The summed E-state index contributed by atoms with van der Waals surface area (Å²) in [4.78, 5) is 37.3. The fourth-order valence-electron chi connectivity index (χ4n) is 4.52. The topological polar surface area (TPSA) is 125 Å². The number of nitrogens with one attached hydrogen (secondary N) is 2. The van der Waals surface area contributed by atoms with Crippen molar-refractivity contribution >= 4 is 23.7 Å². The van der Waals surface area contributed by atoms with Crippen LogP contribution < -0.4 is 10.6 Å². The quantitative estimate of drug-likeness (QED) is 0.424. The smallest absolute Gasteiger partial charge is 0.408 e. The molecule has 0 aliphatic heterocycles. The molecule has 8 heteroatoms. The van der Waals surface area contributed by atoms with Crippen molar-refractivity contribution in [1.82, 2.24) is 5.32 Å². The highest BCUT2D eigenvalue weighted by Gasteiger charge is 2.38. The van der Waals surface area contributed by atoms with E-state index in [1.165, 1.54) is 17.7 Å². The van der Waals surface area contributed by atoms with Crippen LogP contribution in [0.4, 0.5) is 10.5 Å². The molecule has 0 saturated carbocycles. The van der Waals surface area contributed by atoms with E-state index in [1.807, 2.05) is 18.2 Å². The van der Waals surface area contributed by atoms with E-state index in [2.05, 4.69) is 38.3 Å². The molecule has 1 aliphatic rings. The molecule has 0 fully saturated rings. The number of hydrogen-bond donors (Lipinski definition) is 4. The molecule has 2 aromatic carbocycles. The fraction of sp³-hybridized carbons (Fsp3) is 0.464. The number of phenols is 1. The second kappa shape index (κ2) is 9.48. The van der Waals surface area contributed by atoms with Gasteiger partial charge in [0.15, 0.2) is 0 Å². The van der Waals surface area contributed by atoms with Gasteiger partial charge in [-0.3, -0.25) is 4.79 Å². The summed E-state index contributed by atoms with van der Waals surface area (Å²) in [6.07, 6.45) is 1.29. The number of anilines is 1. The minimum absolute atomic E-state index is 0.0108. The molecule has 0 heterocycles. The SMILES string of the molecule is CC(C)(C)OC(=O)NC(C(=O)Nc1ccc(C(=O)O)c(O)c1)c1ccc2c(c1)C(C)(C)CCC2(C)C. The molecule has 1 atom stereocenters. The average Bonchev–Trinajstić information content (AvgIpc) is 2.73. The highest BCUT2D eigenvalue weighted by atomic mass is 16.6.